The van der Waals surface area contributed by atoms with E-state index in [1.165, 1.54) is 23.3 Å². The molecule has 0 aromatic heterocycles. The van der Waals surface area contributed by atoms with E-state index < -0.39 is 0 Å². The molecular formula is C26H28F2N2. The van der Waals surface area contributed by atoms with Gasteiger partial charge in [-0.25, -0.2) is 8.78 Å². The first kappa shape index (κ1) is 20.5. The van der Waals surface area contributed by atoms with E-state index in [1.807, 2.05) is 36.4 Å². The molecule has 1 atom stereocenters. The Labute approximate surface area is 177 Å². The Balaban J connectivity index is 1.42. The predicted molar refractivity (Wildman–Crippen MR) is 118 cm³/mol. The van der Waals surface area contributed by atoms with E-state index in [4.69, 9.17) is 5.73 Å². The van der Waals surface area contributed by atoms with Gasteiger partial charge in [0.15, 0.2) is 0 Å². The van der Waals surface area contributed by atoms with E-state index in [9.17, 15) is 8.78 Å². The maximum atomic E-state index is 13.8. The van der Waals surface area contributed by atoms with E-state index >= 15 is 0 Å². The molecule has 2 N–H and O–H groups in total. The minimum atomic E-state index is -0.215. The lowest BCUT2D eigenvalue weighted by Gasteiger charge is -2.37. The molecule has 1 aliphatic rings. The van der Waals surface area contributed by atoms with Crippen molar-refractivity contribution in [1.29, 1.82) is 0 Å². The minimum absolute atomic E-state index is 0.176. The zero-order valence-corrected chi connectivity index (χ0v) is 17.2. The van der Waals surface area contributed by atoms with Gasteiger partial charge in [0.05, 0.1) is 0 Å². The molecule has 0 aliphatic carbocycles. The van der Waals surface area contributed by atoms with Crippen molar-refractivity contribution in [3.63, 3.8) is 0 Å². The van der Waals surface area contributed by atoms with Crippen molar-refractivity contribution < 1.29 is 8.78 Å². The standard InChI is InChI=1S/C26H28F2N2/c27-23-10-7-20(8-11-23)15-26-17-22-16-24(28)12-9-21(22)18-30(26)13-2-1-4-19-5-3-6-25(29)14-19/h3,5-12,14,16,26H,1-2,4,13,15,17-18,29H2. The fourth-order valence-electron chi connectivity index (χ4n) is 4.42. The van der Waals surface area contributed by atoms with Gasteiger partial charge in [-0.15, -0.1) is 0 Å². The highest BCUT2D eigenvalue weighted by Gasteiger charge is 2.26. The van der Waals surface area contributed by atoms with Gasteiger partial charge >= 0.3 is 0 Å². The van der Waals surface area contributed by atoms with Crippen LogP contribution in [0.4, 0.5) is 14.5 Å². The van der Waals surface area contributed by atoms with Crippen LogP contribution in [-0.4, -0.2) is 17.5 Å². The van der Waals surface area contributed by atoms with Crippen molar-refractivity contribution in [2.45, 2.75) is 44.7 Å². The molecule has 1 heterocycles. The number of hydrogen-bond donors (Lipinski definition) is 1. The minimum Gasteiger partial charge on any atom is -0.399 e. The van der Waals surface area contributed by atoms with Gasteiger partial charge in [0.2, 0.25) is 0 Å². The fraction of sp³-hybridized carbons (Fsp3) is 0.308. The van der Waals surface area contributed by atoms with Crippen molar-refractivity contribution in [2.75, 3.05) is 12.3 Å². The van der Waals surface area contributed by atoms with Crippen LogP contribution in [0, 0.1) is 11.6 Å². The predicted octanol–water partition coefficient (Wildman–Crippen LogP) is 5.54. The van der Waals surface area contributed by atoms with Crippen LogP contribution in [0.15, 0.2) is 66.7 Å². The molecule has 3 aromatic rings. The summed E-state index contributed by atoms with van der Waals surface area (Å²) >= 11 is 0. The Hall–Kier alpha value is -2.72. The van der Waals surface area contributed by atoms with Gasteiger partial charge in [0.1, 0.15) is 11.6 Å². The van der Waals surface area contributed by atoms with E-state index in [0.29, 0.717) is 0 Å². The molecule has 0 amide bonds. The quantitative estimate of drug-likeness (QED) is 0.412. The number of anilines is 1. The summed E-state index contributed by atoms with van der Waals surface area (Å²) in [4.78, 5) is 2.50. The summed E-state index contributed by atoms with van der Waals surface area (Å²) in [5.74, 6) is -0.391. The van der Waals surface area contributed by atoms with Gasteiger partial charge in [0, 0.05) is 18.3 Å². The zero-order valence-electron chi connectivity index (χ0n) is 17.2. The summed E-state index contributed by atoms with van der Waals surface area (Å²) in [5.41, 5.74) is 11.4. The van der Waals surface area contributed by atoms with Gasteiger partial charge < -0.3 is 5.73 Å². The summed E-state index contributed by atoms with van der Waals surface area (Å²) in [6.45, 7) is 1.82. The number of fused-ring (bicyclic) bond motifs is 1. The number of halogens is 2. The summed E-state index contributed by atoms with van der Waals surface area (Å²) in [7, 11) is 0. The van der Waals surface area contributed by atoms with Crippen molar-refractivity contribution in [2.24, 2.45) is 0 Å². The highest BCUT2D eigenvalue weighted by molar-refractivity contribution is 5.40. The number of rotatable bonds is 7. The van der Waals surface area contributed by atoms with E-state index in [2.05, 4.69) is 11.0 Å². The highest BCUT2D eigenvalue weighted by Crippen LogP contribution is 2.27. The third-order valence-electron chi connectivity index (χ3n) is 6.01. The third kappa shape index (κ3) is 5.25. The largest absolute Gasteiger partial charge is 0.399 e. The Bertz CT molecular complexity index is 985. The van der Waals surface area contributed by atoms with Crippen LogP contribution in [0.3, 0.4) is 0 Å². The van der Waals surface area contributed by atoms with Crippen LogP contribution in [0.2, 0.25) is 0 Å². The first-order valence-corrected chi connectivity index (χ1v) is 10.7. The zero-order chi connectivity index (χ0) is 20.9. The van der Waals surface area contributed by atoms with Crippen LogP contribution in [0.5, 0.6) is 0 Å². The van der Waals surface area contributed by atoms with Crippen molar-refractivity contribution in [3.8, 4) is 0 Å². The Morgan fingerprint density at radius 1 is 0.833 bits per heavy atom. The monoisotopic (exact) mass is 406 g/mol. The first-order chi connectivity index (χ1) is 14.6. The van der Waals surface area contributed by atoms with Gasteiger partial charge in [-0.05, 0) is 97.3 Å². The molecule has 4 heteroatoms. The van der Waals surface area contributed by atoms with Crippen LogP contribution in [0.25, 0.3) is 0 Å². The lowest BCUT2D eigenvalue weighted by Crippen LogP contribution is -2.42. The number of nitrogen functional groups attached to an aromatic ring is 1. The van der Waals surface area contributed by atoms with E-state index in [0.717, 1.165) is 62.0 Å². The second-order valence-electron chi connectivity index (χ2n) is 8.27. The average molecular weight is 407 g/mol. The van der Waals surface area contributed by atoms with Crippen molar-refractivity contribution in [1.82, 2.24) is 4.90 Å². The summed E-state index contributed by atoms with van der Waals surface area (Å²) in [6, 6.07) is 20.3. The van der Waals surface area contributed by atoms with Gasteiger partial charge in [0.25, 0.3) is 0 Å². The molecule has 4 rings (SSSR count). The maximum Gasteiger partial charge on any atom is 0.123 e. The van der Waals surface area contributed by atoms with Crippen LogP contribution in [0.1, 0.15) is 35.1 Å². The van der Waals surface area contributed by atoms with Crippen molar-refractivity contribution in [3.05, 3.63) is 101 Å². The molecule has 0 bridgehead atoms. The van der Waals surface area contributed by atoms with Crippen LogP contribution in [-0.2, 0) is 25.8 Å². The summed E-state index contributed by atoms with van der Waals surface area (Å²) < 4.78 is 27.1. The number of hydrogen-bond acceptors (Lipinski definition) is 2. The summed E-state index contributed by atoms with van der Waals surface area (Å²) in [5, 5.41) is 0. The smallest absolute Gasteiger partial charge is 0.123 e. The topological polar surface area (TPSA) is 29.3 Å². The molecule has 0 saturated heterocycles. The van der Waals surface area contributed by atoms with Gasteiger partial charge in [-0.2, -0.15) is 0 Å². The second kappa shape index (κ2) is 9.40. The normalized spacial score (nSPS) is 16.4. The number of nitrogens with two attached hydrogens (primary N) is 1. The lowest BCUT2D eigenvalue weighted by molar-refractivity contribution is 0.166. The molecule has 2 nitrogen and oxygen atoms in total. The lowest BCUT2D eigenvalue weighted by atomic mass is 9.90. The van der Waals surface area contributed by atoms with E-state index in [1.54, 1.807) is 12.1 Å². The van der Waals surface area contributed by atoms with Crippen LogP contribution < -0.4 is 5.73 Å². The maximum absolute atomic E-state index is 13.8. The molecule has 30 heavy (non-hydrogen) atoms. The Morgan fingerprint density at radius 2 is 1.63 bits per heavy atom. The third-order valence-corrected chi connectivity index (χ3v) is 6.01. The van der Waals surface area contributed by atoms with Crippen LogP contribution >= 0.6 is 0 Å². The number of unbranched alkanes of at least 4 members (excludes halogenated alkanes) is 1. The number of nitrogens with zero attached hydrogens (tertiary/aromatic N) is 1. The fourth-order valence-corrected chi connectivity index (χ4v) is 4.42. The average Bonchev–Trinajstić information content (AvgIpc) is 2.73. The van der Waals surface area contributed by atoms with Crippen molar-refractivity contribution >= 4 is 5.69 Å². The summed E-state index contributed by atoms with van der Waals surface area (Å²) in [6.07, 6.45) is 4.86. The molecule has 156 valence electrons. The molecule has 3 aromatic carbocycles. The second-order valence-corrected chi connectivity index (χ2v) is 8.27. The molecule has 1 unspecified atom stereocenters. The Kier molecular flexibility index (Phi) is 6.44. The molecule has 0 saturated carbocycles. The number of benzene rings is 3. The van der Waals surface area contributed by atoms with Gasteiger partial charge in [-0.3, -0.25) is 4.90 Å². The highest BCUT2D eigenvalue weighted by atomic mass is 19.1. The Morgan fingerprint density at radius 3 is 2.43 bits per heavy atom. The molecular weight excluding hydrogens is 378 g/mol. The number of aryl methyl sites for hydroxylation is 1. The van der Waals surface area contributed by atoms with E-state index in [-0.39, 0.29) is 17.7 Å². The SMILES string of the molecule is Nc1cccc(CCCCN2Cc3ccc(F)cc3CC2Cc2ccc(F)cc2)c1. The molecule has 0 radical (unpaired) electrons. The van der Waals surface area contributed by atoms with Gasteiger partial charge in [-0.1, -0.05) is 30.3 Å². The molecule has 0 fully saturated rings. The molecule has 0 spiro atoms. The molecule has 1 aliphatic heterocycles. The first-order valence-electron chi connectivity index (χ1n) is 10.7.